The lowest BCUT2D eigenvalue weighted by Gasteiger charge is -2.29. The third kappa shape index (κ3) is 3.83. The molecule has 2 N–H and O–H groups in total. The molecule has 1 aromatic carbocycles. The lowest BCUT2D eigenvalue weighted by Crippen LogP contribution is -2.39. The Hall–Kier alpha value is -1.84. The normalized spacial score (nSPS) is 15.4. The minimum absolute atomic E-state index is 0.0167. The van der Waals surface area contributed by atoms with Crippen LogP contribution < -0.4 is 5.32 Å². The summed E-state index contributed by atoms with van der Waals surface area (Å²) in [5, 5.41) is 12.2. The van der Waals surface area contributed by atoms with Gasteiger partial charge in [0.15, 0.2) is 0 Å². The van der Waals surface area contributed by atoms with Gasteiger partial charge in [0.25, 0.3) is 0 Å². The van der Waals surface area contributed by atoms with Crippen molar-refractivity contribution < 1.29 is 14.7 Å². The second kappa shape index (κ2) is 6.55. The van der Waals surface area contributed by atoms with Crippen LogP contribution in [0.5, 0.6) is 0 Å². The highest BCUT2D eigenvalue weighted by atomic mass is 16.4. The first-order valence-corrected chi connectivity index (χ1v) is 6.85. The minimum atomic E-state index is -1.04. The van der Waals surface area contributed by atoms with Crippen molar-refractivity contribution in [1.82, 2.24) is 5.32 Å². The second-order valence-corrected chi connectivity index (χ2v) is 5.75. The summed E-state index contributed by atoms with van der Waals surface area (Å²) in [4.78, 5) is 23.5. The fourth-order valence-electron chi connectivity index (χ4n) is 1.98. The van der Waals surface area contributed by atoms with E-state index in [2.05, 4.69) is 5.32 Å². The number of hydrogen-bond acceptors (Lipinski definition) is 2. The maximum absolute atomic E-state index is 12.1. The number of carboxylic acids is 1. The summed E-state index contributed by atoms with van der Waals surface area (Å²) in [6, 6.07) is 9.47. The van der Waals surface area contributed by atoms with E-state index in [1.54, 1.807) is 6.92 Å². The predicted molar refractivity (Wildman–Crippen MR) is 78.2 cm³/mol. The number of rotatable bonds is 6. The molecule has 0 aliphatic heterocycles. The Bertz CT molecular complexity index is 470. The molecule has 0 heterocycles. The van der Waals surface area contributed by atoms with Gasteiger partial charge in [0.2, 0.25) is 5.91 Å². The van der Waals surface area contributed by atoms with E-state index in [1.165, 1.54) is 0 Å². The Kier molecular flexibility index (Phi) is 5.31. The molecule has 2 atom stereocenters. The average Bonchev–Trinajstić information content (AvgIpc) is 2.38. The van der Waals surface area contributed by atoms with Crippen LogP contribution in [0, 0.1) is 11.3 Å². The van der Waals surface area contributed by atoms with Crippen molar-refractivity contribution in [1.29, 1.82) is 0 Å². The number of amides is 1. The summed E-state index contributed by atoms with van der Waals surface area (Å²) < 4.78 is 0. The number of carbonyl (C=O) groups is 2. The molecule has 0 fully saturated rings. The van der Waals surface area contributed by atoms with Gasteiger partial charge < -0.3 is 10.4 Å². The summed E-state index contributed by atoms with van der Waals surface area (Å²) in [6.07, 6.45) is -0.0167. The summed E-state index contributed by atoms with van der Waals surface area (Å²) in [5.41, 5.74) is -0.0389. The van der Waals surface area contributed by atoms with E-state index in [9.17, 15) is 14.7 Å². The first kappa shape index (κ1) is 16.2. The first-order chi connectivity index (χ1) is 9.27. The van der Waals surface area contributed by atoms with E-state index in [1.807, 2.05) is 51.1 Å². The van der Waals surface area contributed by atoms with Crippen LogP contribution in [-0.4, -0.2) is 17.0 Å². The zero-order valence-corrected chi connectivity index (χ0v) is 12.5. The Morgan fingerprint density at radius 3 is 2.20 bits per heavy atom. The van der Waals surface area contributed by atoms with Gasteiger partial charge in [-0.2, -0.15) is 0 Å². The van der Waals surface area contributed by atoms with Crippen molar-refractivity contribution >= 4 is 11.9 Å². The fraction of sp³-hybridized carbons (Fsp3) is 0.500. The Labute approximate surface area is 120 Å². The molecule has 0 radical (unpaired) electrons. The molecule has 0 saturated carbocycles. The van der Waals surface area contributed by atoms with Crippen LogP contribution in [0.25, 0.3) is 0 Å². The highest BCUT2D eigenvalue weighted by Crippen LogP contribution is 2.31. The average molecular weight is 277 g/mol. The lowest BCUT2D eigenvalue weighted by molar-refractivity contribution is -0.153. The van der Waals surface area contributed by atoms with Crippen LogP contribution in [0.3, 0.4) is 0 Å². The number of nitrogens with one attached hydrogen (secondary N) is 1. The quantitative estimate of drug-likeness (QED) is 0.840. The molecule has 0 aliphatic rings. The monoisotopic (exact) mass is 277 g/mol. The zero-order chi connectivity index (χ0) is 15.3. The van der Waals surface area contributed by atoms with Gasteiger partial charge in [-0.3, -0.25) is 9.59 Å². The van der Waals surface area contributed by atoms with Crippen LogP contribution in [-0.2, 0) is 9.59 Å². The third-order valence-corrected chi connectivity index (χ3v) is 3.97. The number of benzene rings is 1. The van der Waals surface area contributed by atoms with Gasteiger partial charge >= 0.3 is 5.97 Å². The molecule has 0 aromatic heterocycles. The smallest absolute Gasteiger partial charge is 0.310 e. The molecule has 2 unspecified atom stereocenters. The minimum Gasteiger partial charge on any atom is -0.481 e. The molecule has 1 aromatic rings. The Balaban J connectivity index is 2.70. The molecule has 0 bridgehead atoms. The standard InChI is InChI=1S/C16H23NO3/c1-11(2)16(4,15(19)20)10-14(18)17-12(3)13-8-6-5-7-9-13/h5-9,11-12H,10H2,1-4H3,(H,17,18)(H,19,20). The van der Waals surface area contributed by atoms with Crippen LogP contribution in [0.1, 0.15) is 45.7 Å². The molecule has 0 saturated heterocycles. The summed E-state index contributed by atoms with van der Waals surface area (Å²) in [7, 11) is 0. The van der Waals surface area contributed by atoms with Crippen molar-refractivity contribution in [3.8, 4) is 0 Å². The molecule has 4 heteroatoms. The topological polar surface area (TPSA) is 66.4 Å². The van der Waals surface area contributed by atoms with E-state index in [4.69, 9.17) is 0 Å². The van der Waals surface area contributed by atoms with Gasteiger partial charge in [-0.25, -0.2) is 0 Å². The number of aliphatic carboxylic acids is 1. The van der Waals surface area contributed by atoms with Gasteiger partial charge in [0, 0.05) is 6.42 Å². The number of hydrogen-bond donors (Lipinski definition) is 2. The molecular weight excluding hydrogens is 254 g/mol. The molecule has 0 spiro atoms. The molecule has 1 rings (SSSR count). The summed E-state index contributed by atoms with van der Waals surface area (Å²) in [5.74, 6) is -1.28. The van der Waals surface area contributed by atoms with Crippen molar-refractivity contribution in [3.05, 3.63) is 35.9 Å². The molecule has 0 aliphatic carbocycles. The van der Waals surface area contributed by atoms with E-state index >= 15 is 0 Å². The van der Waals surface area contributed by atoms with Crippen LogP contribution in [0.2, 0.25) is 0 Å². The largest absolute Gasteiger partial charge is 0.481 e. The third-order valence-electron chi connectivity index (χ3n) is 3.97. The Morgan fingerprint density at radius 2 is 1.75 bits per heavy atom. The highest BCUT2D eigenvalue weighted by molar-refractivity contribution is 5.85. The maximum Gasteiger partial charge on any atom is 0.310 e. The summed E-state index contributed by atoms with van der Waals surface area (Å²) in [6.45, 7) is 7.15. The van der Waals surface area contributed by atoms with Crippen LogP contribution >= 0.6 is 0 Å². The van der Waals surface area contributed by atoms with Gasteiger partial charge in [-0.15, -0.1) is 0 Å². The molecule has 4 nitrogen and oxygen atoms in total. The van der Waals surface area contributed by atoms with Gasteiger partial charge in [0.05, 0.1) is 11.5 Å². The van der Waals surface area contributed by atoms with Gasteiger partial charge in [-0.1, -0.05) is 44.2 Å². The SMILES string of the molecule is CC(NC(=O)CC(C)(C(=O)O)C(C)C)c1ccccc1. The van der Waals surface area contributed by atoms with E-state index < -0.39 is 11.4 Å². The van der Waals surface area contributed by atoms with E-state index in [0.717, 1.165) is 5.56 Å². The number of carboxylic acid groups (broad SMARTS) is 1. The molecular formula is C16H23NO3. The van der Waals surface area contributed by atoms with E-state index in [-0.39, 0.29) is 24.3 Å². The molecule has 1 amide bonds. The Morgan fingerprint density at radius 1 is 1.20 bits per heavy atom. The van der Waals surface area contributed by atoms with Crippen molar-refractivity contribution in [2.75, 3.05) is 0 Å². The summed E-state index contributed by atoms with van der Waals surface area (Å²) >= 11 is 0. The van der Waals surface area contributed by atoms with Gasteiger partial charge in [0.1, 0.15) is 0 Å². The van der Waals surface area contributed by atoms with Gasteiger partial charge in [-0.05, 0) is 25.3 Å². The lowest BCUT2D eigenvalue weighted by atomic mass is 9.76. The second-order valence-electron chi connectivity index (χ2n) is 5.75. The number of carbonyl (C=O) groups excluding carboxylic acids is 1. The van der Waals surface area contributed by atoms with Crippen LogP contribution in [0.4, 0.5) is 0 Å². The zero-order valence-electron chi connectivity index (χ0n) is 12.5. The van der Waals surface area contributed by atoms with Crippen molar-refractivity contribution in [3.63, 3.8) is 0 Å². The maximum atomic E-state index is 12.1. The first-order valence-electron chi connectivity index (χ1n) is 6.85. The molecule has 20 heavy (non-hydrogen) atoms. The molecule has 110 valence electrons. The van der Waals surface area contributed by atoms with Crippen LogP contribution in [0.15, 0.2) is 30.3 Å². The fourth-order valence-corrected chi connectivity index (χ4v) is 1.98. The van der Waals surface area contributed by atoms with Crippen molar-refractivity contribution in [2.24, 2.45) is 11.3 Å². The highest BCUT2D eigenvalue weighted by Gasteiger charge is 2.38. The predicted octanol–water partition coefficient (Wildman–Crippen LogP) is 3.00. The van der Waals surface area contributed by atoms with E-state index in [0.29, 0.717) is 0 Å². The van der Waals surface area contributed by atoms with Crippen molar-refractivity contribution in [2.45, 2.75) is 40.2 Å².